The van der Waals surface area contributed by atoms with E-state index in [4.69, 9.17) is 11.6 Å². The number of likely N-dealkylation sites (N-methyl/N-ethyl adjacent to an activating group) is 1. The van der Waals surface area contributed by atoms with Gasteiger partial charge in [0.2, 0.25) is 0 Å². The summed E-state index contributed by atoms with van der Waals surface area (Å²) in [5.74, 6) is -0.0963. The van der Waals surface area contributed by atoms with Crippen LogP contribution in [0.5, 0.6) is 0 Å². The first-order valence-electron chi connectivity index (χ1n) is 10.3. The number of carbonyl (C=O) groups excluding carboxylic acids is 2. The molecule has 6 nitrogen and oxygen atoms in total. The van der Waals surface area contributed by atoms with E-state index in [1.54, 1.807) is 11.0 Å². The molecule has 2 aliphatic heterocycles. The van der Waals surface area contributed by atoms with Gasteiger partial charge in [-0.15, -0.1) is 0 Å². The van der Waals surface area contributed by atoms with Crippen molar-refractivity contribution in [1.29, 1.82) is 0 Å². The Morgan fingerprint density at radius 1 is 1.07 bits per heavy atom. The number of rotatable bonds is 5. The van der Waals surface area contributed by atoms with Crippen molar-refractivity contribution in [2.24, 2.45) is 0 Å². The fourth-order valence-electron chi connectivity index (χ4n) is 4.03. The molecule has 0 unspecified atom stereocenters. The summed E-state index contributed by atoms with van der Waals surface area (Å²) in [5, 5.41) is 0.472. The van der Waals surface area contributed by atoms with E-state index >= 15 is 0 Å². The Kier molecular flexibility index (Phi) is 6.09. The summed E-state index contributed by atoms with van der Waals surface area (Å²) in [6.45, 7) is 5.73. The molecular formula is C23H27ClN4O2. The lowest BCUT2D eigenvalue weighted by molar-refractivity contribution is 0.0629. The van der Waals surface area contributed by atoms with E-state index in [1.165, 1.54) is 0 Å². The van der Waals surface area contributed by atoms with Gasteiger partial charge in [0.1, 0.15) is 0 Å². The maximum atomic E-state index is 13.1. The molecule has 30 heavy (non-hydrogen) atoms. The Morgan fingerprint density at radius 3 is 2.50 bits per heavy atom. The van der Waals surface area contributed by atoms with Crippen LogP contribution in [0.1, 0.15) is 26.3 Å². The summed E-state index contributed by atoms with van der Waals surface area (Å²) in [6.07, 6.45) is 0. The number of halogens is 1. The van der Waals surface area contributed by atoms with Crippen LogP contribution in [0.2, 0.25) is 5.02 Å². The zero-order chi connectivity index (χ0) is 21.3. The average Bonchev–Trinajstić information content (AvgIpc) is 3.10. The lowest BCUT2D eigenvalue weighted by atomic mass is 10.1. The molecular weight excluding hydrogens is 400 g/mol. The summed E-state index contributed by atoms with van der Waals surface area (Å²) in [4.78, 5) is 34.1. The Bertz CT molecular complexity index is 954. The van der Waals surface area contributed by atoms with E-state index in [0.717, 1.165) is 50.5 Å². The molecule has 158 valence electrons. The smallest absolute Gasteiger partial charge is 0.260 e. The molecule has 0 saturated carbocycles. The molecule has 0 bridgehead atoms. The molecule has 2 aromatic rings. The summed E-state index contributed by atoms with van der Waals surface area (Å²) in [5.41, 5.74) is 2.81. The molecule has 2 amide bonds. The number of hydrogen-bond donors (Lipinski definition) is 0. The van der Waals surface area contributed by atoms with Gasteiger partial charge in [-0.2, -0.15) is 0 Å². The monoisotopic (exact) mass is 426 g/mol. The third-order valence-electron chi connectivity index (χ3n) is 5.82. The minimum absolute atomic E-state index is 0.0197. The second kappa shape index (κ2) is 8.76. The van der Waals surface area contributed by atoms with Crippen LogP contribution in [0.15, 0.2) is 42.5 Å². The van der Waals surface area contributed by atoms with Gasteiger partial charge in [-0.1, -0.05) is 29.8 Å². The zero-order valence-corrected chi connectivity index (χ0v) is 18.2. The molecule has 0 aromatic heterocycles. The number of hydrogen-bond acceptors (Lipinski definition) is 4. The number of amides is 2. The normalized spacial score (nSPS) is 17.0. The van der Waals surface area contributed by atoms with Gasteiger partial charge < -0.3 is 14.7 Å². The largest absolute Gasteiger partial charge is 0.336 e. The predicted molar refractivity (Wildman–Crippen MR) is 119 cm³/mol. The van der Waals surface area contributed by atoms with Gasteiger partial charge >= 0.3 is 0 Å². The highest BCUT2D eigenvalue weighted by Gasteiger charge is 2.31. The van der Waals surface area contributed by atoms with Crippen molar-refractivity contribution in [1.82, 2.24) is 14.7 Å². The van der Waals surface area contributed by atoms with Crippen LogP contribution < -0.4 is 4.90 Å². The first-order chi connectivity index (χ1) is 14.4. The van der Waals surface area contributed by atoms with Crippen LogP contribution in [0.4, 0.5) is 5.69 Å². The number of benzene rings is 2. The van der Waals surface area contributed by atoms with Crippen LogP contribution in [0.25, 0.3) is 0 Å². The second-order valence-corrected chi connectivity index (χ2v) is 8.56. The van der Waals surface area contributed by atoms with Crippen LogP contribution in [0, 0.1) is 0 Å². The van der Waals surface area contributed by atoms with Crippen LogP contribution >= 0.6 is 11.6 Å². The minimum Gasteiger partial charge on any atom is -0.336 e. The Balaban J connectivity index is 1.44. The molecule has 7 heteroatoms. The second-order valence-electron chi connectivity index (χ2n) is 8.15. The summed E-state index contributed by atoms with van der Waals surface area (Å²) >= 11 is 6.24. The molecule has 1 fully saturated rings. The van der Waals surface area contributed by atoms with Crippen LogP contribution in [-0.2, 0) is 6.54 Å². The van der Waals surface area contributed by atoms with Crippen molar-refractivity contribution in [2.45, 2.75) is 6.54 Å². The standard InChI is InChI=1S/C23H27ClN4O2/c1-25(2)9-10-26-11-13-27(14-12-26)22(29)17-5-3-7-19(15-17)28-16-18-6-4-8-20(24)21(18)23(28)30/h3-8,15H,9-14,16H2,1-2H3. The quantitative estimate of drug-likeness (QED) is 0.737. The molecule has 1 saturated heterocycles. The molecule has 0 atom stereocenters. The van der Waals surface area contributed by atoms with Gasteiger partial charge in [-0.3, -0.25) is 14.5 Å². The van der Waals surface area contributed by atoms with Crippen LogP contribution in [-0.4, -0.2) is 79.9 Å². The van der Waals surface area contributed by atoms with E-state index < -0.39 is 0 Å². The summed E-state index contributed by atoms with van der Waals surface area (Å²) < 4.78 is 0. The first-order valence-corrected chi connectivity index (χ1v) is 10.7. The van der Waals surface area contributed by atoms with Crippen molar-refractivity contribution in [3.05, 3.63) is 64.2 Å². The highest BCUT2D eigenvalue weighted by Crippen LogP contribution is 2.33. The molecule has 0 N–H and O–H groups in total. The maximum Gasteiger partial charge on any atom is 0.260 e. The summed E-state index contributed by atoms with van der Waals surface area (Å²) in [6, 6.07) is 12.9. The number of anilines is 1. The lowest BCUT2D eigenvalue weighted by Crippen LogP contribution is -2.50. The predicted octanol–water partition coefficient (Wildman–Crippen LogP) is 2.82. The molecule has 0 radical (unpaired) electrons. The highest BCUT2D eigenvalue weighted by molar-refractivity contribution is 6.35. The zero-order valence-electron chi connectivity index (χ0n) is 17.5. The van der Waals surface area contributed by atoms with Crippen molar-refractivity contribution in [3.8, 4) is 0 Å². The van der Waals surface area contributed by atoms with Crippen molar-refractivity contribution in [2.75, 3.05) is 58.3 Å². The Hall–Kier alpha value is -2.41. The van der Waals surface area contributed by atoms with Crippen LogP contribution in [0.3, 0.4) is 0 Å². The van der Waals surface area contributed by atoms with Crippen molar-refractivity contribution in [3.63, 3.8) is 0 Å². The molecule has 2 heterocycles. The molecule has 0 aliphatic carbocycles. The highest BCUT2D eigenvalue weighted by atomic mass is 35.5. The number of nitrogens with zero attached hydrogens (tertiary/aromatic N) is 4. The van der Waals surface area contributed by atoms with Gasteiger partial charge in [0.15, 0.2) is 0 Å². The third-order valence-corrected chi connectivity index (χ3v) is 6.13. The van der Waals surface area contributed by atoms with Gasteiger partial charge in [0, 0.05) is 50.5 Å². The molecule has 2 aliphatic rings. The Morgan fingerprint density at radius 2 is 1.80 bits per heavy atom. The van der Waals surface area contributed by atoms with E-state index in [-0.39, 0.29) is 11.8 Å². The fraction of sp³-hybridized carbons (Fsp3) is 0.391. The molecule has 4 rings (SSSR count). The third kappa shape index (κ3) is 4.21. The average molecular weight is 427 g/mol. The molecule has 2 aromatic carbocycles. The van der Waals surface area contributed by atoms with Crippen molar-refractivity contribution < 1.29 is 9.59 Å². The number of carbonyl (C=O) groups is 2. The maximum absolute atomic E-state index is 13.1. The van der Waals surface area contributed by atoms with E-state index in [2.05, 4.69) is 23.9 Å². The topological polar surface area (TPSA) is 47.1 Å². The van der Waals surface area contributed by atoms with E-state index in [1.807, 2.05) is 41.3 Å². The van der Waals surface area contributed by atoms with Gasteiger partial charge in [-0.05, 0) is 43.9 Å². The minimum atomic E-state index is -0.116. The van der Waals surface area contributed by atoms with Gasteiger partial charge in [0.05, 0.1) is 17.1 Å². The lowest BCUT2D eigenvalue weighted by Gasteiger charge is -2.35. The summed E-state index contributed by atoms with van der Waals surface area (Å²) in [7, 11) is 4.15. The van der Waals surface area contributed by atoms with E-state index in [9.17, 15) is 9.59 Å². The van der Waals surface area contributed by atoms with E-state index in [0.29, 0.717) is 22.7 Å². The SMILES string of the molecule is CN(C)CCN1CCN(C(=O)c2cccc(N3Cc4cccc(Cl)c4C3=O)c2)CC1. The van der Waals surface area contributed by atoms with Crippen molar-refractivity contribution >= 4 is 29.1 Å². The van der Waals surface area contributed by atoms with Gasteiger partial charge in [0.25, 0.3) is 11.8 Å². The molecule has 0 spiro atoms. The number of piperazine rings is 1. The first kappa shape index (κ1) is 20.8. The van der Waals surface area contributed by atoms with Gasteiger partial charge in [-0.25, -0.2) is 0 Å². The fourth-order valence-corrected chi connectivity index (χ4v) is 4.31. The number of fused-ring (bicyclic) bond motifs is 1. The Labute approximate surface area is 182 Å².